The van der Waals surface area contributed by atoms with Gasteiger partial charge in [0.05, 0.1) is 0 Å². The van der Waals surface area contributed by atoms with Gasteiger partial charge in [0.25, 0.3) is 0 Å². The number of hydrogen-bond acceptors (Lipinski definition) is 1. The van der Waals surface area contributed by atoms with E-state index in [2.05, 4.69) is 12.6 Å². The number of thiol groups is 1. The van der Waals surface area contributed by atoms with Gasteiger partial charge in [-0.1, -0.05) is 44.9 Å². The standard InChI is InChI=1S/C18H26F12S/c1-13(19,20)15(23,24)17(27,28)18(29,30)16(25,26)14(21,22)11-9-7-5-3-2-4-6-8-10-12-31/h31H,2-12H2,1H3. The number of alkyl halides is 12. The van der Waals surface area contributed by atoms with E-state index in [4.69, 9.17) is 0 Å². The molecule has 0 aliphatic rings. The minimum atomic E-state index is -7.45. The summed E-state index contributed by atoms with van der Waals surface area (Å²) in [5.41, 5.74) is 0. The molecule has 0 bridgehead atoms. The van der Waals surface area contributed by atoms with Crippen LogP contribution < -0.4 is 0 Å². The summed E-state index contributed by atoms with van der Waals surface area (Å²) in [5.74, 6) is -39.9. The summed E-state index contributed by atoms with van der Waals surface area (Å²) in [6, 6.07) is 0. The van der Waals surface area contributed by atoms with Gasteiger partial charge >= 0.3 is 35.5 Å². The van der Waals surface area contributed by atoms with E-state index in [1.807, 2.05) is 0 Å². The monoisotopic (exact) mass is 502 g/mol. The predicted octanol–water partition coefficient (Wildman–Crippen LogP) is 8.65. The van der Waals surface area contributed by atoms with Crippen molar-refractivity contribution in [2.24, 2.45) is 0 Å². The van der Waals surface area contributed by atoms with Gasteiger partial charge in [-0.15, -0.1) is 0 Å². The lowest BCUT2D eigenvalue weighted by atomic mass is 9.90. The van der Waals surface area contributed by atoms with Crippen molar-refractivity contribution in [3.8, 4) is 0 Å². The number of hydrogen-bond donors (Lipinski definition) is 1. The zero-order valence-corrected chi connectivity index (χ0v) is 17.7. The van der Waals surface area contributed by atoms with Crippen LogP contribution in [-0.2, 0) is 0 Å². The molecule has 0 aromatic heterocycles. The van der Waals surface area contributed by atoms with Gasteiger partial charge in [0, 0.05) is 13.3 Å². The quantitative estimate of drug-likeness (QED) is 0.122. The lowest BCUT2D eigenvalue weighted by Crippen LogP contribution is -2.70. The summed E-state index contributed by atoms with van der Waals surface area (Å²) < 4.78 is 160. The fourth-order valence-electron chi connectivity index (χ4n) is 2.75. The third kappa shape index (κ3) is 6.75. The smallest absolute Gasteiger partial charge is 0.200 e. The molecule has 0 aromatic rings. The van der Waals surface area contributed by atoms with Crippen LogP contribution in [0.2, 0.25) is 0 Å². The van der Waals surface area contributed by atoms with Crippen LogP contribution in [0, 0.1) is 0 Å². The summed E-state index contributed by atoms with van der Waals surface area (Å²) in [5, 5.41) is 0. The van der Waals surface area contributed by atoms with Crippen LogP contribution in [-0.4, -0.2) is 41.3 Å². The largest absolute Gasteiger partial charge is 0.384 e. The molecule has 0 amide bonds. The second kappa shape index (κ2) is 11.1. The van der Waals surface area contributed by atoms with E-state index in [1.54, 1.807) is 0 Å². The van der Waals surface area contributed by atoms with Gasteiger partial charge in [-0.3, -0.25) is 0 Å². The first-order valence-electron chi connectivity index (χ1n) is 9.69. The second-order valence-electron chi connectivity index (χ2n) is 7.55. The third-order valence-electron chi connectivity index (χ3n) is 4.84. The maximum absolute atomic E-state index is 13.7. The molecule has 0 aliphatic carbocycles. The average Bonchev–Trinajstić information content (AvgIpc) is 2.61. The van der Waals surface area contributed by atoms with Crippen LogP contribution in [0.5, 0.6) is 0 Å². The predicted molar refractivity (Wildman–Crippen MR) is 95.4 cm³/mol. The molecule has 0 rings (SSSR count). The molecule has 0 unspecified atom stereocenters. The fraction of sp³-hybridized carbons (Fsp3) is 1.00. The fourth-order valence-corrected chi connectivity index (χ4v) is 2.98. The van der Waals surface area contributed by atoms with Gasteiger partial charge in [-0.25, -0.2) is 0 Å². The Hall–Kier alpha value is -0.490. The molecule has 31 heavy (non-hydrogen) atoms. The summed E-state index contributed by atoms with van der Waals surface area (Å²) in [4.78, 5) is 0. The Bertz CT molecular complexity index is 528. The molecular weight excluding hydrogens is 476 g/mol. The molecule has 0 atom stereocenters. The Morgan fingerprint density at radius 3 is 1.13 bits per heavy atom. The van der Waals surface area contributed by atoms with Crippen LogP contribution >= 0.6 is 12.6 Å². The molecule has 0 spiro atoms. The Balaban J connectivity index is 4.95. The Kier molecular flexibility index (Phi) is 10.9. The van der Waals surface area contributed by atoms with Crippen molar-refractivity contribution in [2.45, 2.75) is 107 Å². The zero-order chi connectivity index (χ0) is 24.8. The van der Waals surface area contributed by atoms with Crippen LogP contribution in [0.1, 0.15) is 71.1 Å². The summed E-state index contributed by atoms with van der Waals surface area (Å²) in [6.45, 7) is -0.909. The minimum Gasteiger partial charge on any atom is -0.200 e. The van der Waals surface area contributed by atoms with Crippen molar-refractivity contribution in [1.82, 2.24) is 0 Å². The average molecular weight is 502 g/mol. The van der Waals surface area contributed by atoms with Crippen molar-refractivity contribution in [2.75, 3.05) is 5.75 Å². The molecule has 0 radical (unpaired) electrons. The molecule has 0 saturated carbocycles. The number of rotatable bonds is 16. The van der Waals surface area contributed by atoms with E-state index in [-0.39, 0.29) is 12.8 Å². The van der Waals surface area contributed by atoms with Crippen molar-refractivity contribution in [3.05, 3.63) is 0 Å². The van der Waals surface area contributed by atoms with Gasteiger partial charge < -0.3 is 0 Å². The van der Waals surface area contributed by atoms with Crippen LogP contribution in [0.3, 0.4) is 0 Å². The van der Waals surface area contributed by atoms with Gasteiger partial charge in [-0.05, 0) is 18.6 Å². The molecule has 0 saturated heterocycles. The highest BCUT2D eigenvalue weighted by Gasteiger charge is 2.89. The molecule has 0 aliphatic heterocycles. The van der Waals surface area contributed by atoms with Crippen molar-refractivity contribution >= 4 is 12.6 Å². The topological polar surface area (TPSA) is 0 Å². The minimum absolute atomic E-state index is 0.118. The van der Waals surface area contributed by atoms with E-state index in [1.165, 1.54) is 0 Å². The van der Waals surface area contributed by atoms with Gasteiger partial charge in [0.2, 0.25) is 0 Å². The number of halogens is 12. The van der Waals surface area contributed by atoms with Crippen LogP contribution in [0.25, 0.3) is 0 Å². The molecule has 0 aromatic carbocycles. The highest BCUT2D eigenvalue weighted by Crippen LogP contribution is 2.60. The van der Waals surface area contributed by atoms with E-state index < -0.39 is 55.3 Å². The maximum atomic E-state index is 13.7. The first kappa shape index (κ1) is 30.5. The lowest BCUT2D eigenvalue weighted by molar-refractivity contribution is -0.423. The first-order chi connectivity index (χ1) is 13.8. The highest BCUT2D eigenvalue weighted by atomic mass is 32.1. The summed E-state index contributed by atoms with van der Waals surface area (Å²) in [6.07, 6.45) is 2.26. The maximum Gasteiger partial charge on any atom is 0.384 e. The van der Waals surface area contributed by atoms with Crippen molar-refractivity contribution in [3.63, 3.8) is 0 Å². The van der Waals surface area contributed by atoms with Gasteiger partial charge in [-0.2, -0.15) is 65.3 Å². The van der Waals surface area contributed by atoms with E-state index >= 15 is 0 Å². The molecule has 0 heterocycles. The first-order valence-corrected chi connectivity index (χ1v) is 10.3. The molecule has 0 nitrogen and oxygen atoms in total. The second-order valence-corrected chi connectivity index (χ2v) is 7.99. The normalized spacial score (nSPS) is 14.9. The highest BCUT2D eigenvalue weighted by molar-refractivity contribution is 7.80. The van der Waals surface area contributed by atoms with Crippen LogP contribution in [0.4, 0.5) is 52.7 Å². The molecular formula is C18H26F12S. The molecule has 0 N–H and O–H groups in total. The Labute approximate surface area is 178 Å². The molecule has 0 fully saturated rings. The van der Waals surface area contributed by atoms with Gasteiger partial charge in [0.1, 0.15) is 0 Å². The SMILES string of the molecule is CC(F)(F)C(F)(F)C(F)(F)C(F)(F)C(F)(F)C(F)(F)CCCCCCCCCCCS. The number of unbranched alkanes of at least 4 members (excludes halogenated alkanes) is 8. The Morgan fingerprint density at radius 1 is 0.452 bits per heavy atom. The van der Waals surface area contributed by atoms with Crippen molar-refractivity contribution < 1.29 is 52.7 Å². The zero-order valence-electron chi connectivity index (χ0n) is 16.8. The third-order valence-corrected chi connectivity index (χ3v) is 5.16. The van der Waals surface area contributed by atoms with E-state index in [0.29, 0.717) is 12.8 Å². The van der Waals surface area contributed by atoms with Crippen molar-refractivity contribution in [1.29, 1.82) is 0 Å². The Morgan fingerprint density at radius 2 is 0.774 bits per heavy atom. The van der Waals surface area contributed by atoms with Gasteiger partial charge in [0.15, 0.2) is 0 Å². The summed E-state index contributed by atoms with van der Waals surface area (Å²) >= 11 is 4.03. The van der Waals surface area contributed by atoms with E-state index in [9.17, 15) is 52.7 Å². The van der Waals surface area contributed by atoms with Crippen LogP contribution in [0.15, 0.2) is 0 Å². The lowest BCUT2D eigenvalue weighted by Gasteiger charge is -2.40. The summed E-state index contributed by atoms with van der Waals surface area (Å²) in [7, 11) is 0. The molecule has 13 heteroatoms. The van der Waals surface area contributed by atoms with E-state index in [0.717, 1.165) is 31.4 Å². The molecule has 188 valence electrons.